The van der Waals surface area contributed by atoms with E-state index in [9.17, 15) is 4.21 Å². The molecule has 2 aromatic rings. The van der Waals surface area contributed by atoms with E-state index < -0.39 is 10.8 Å². The summed E-state index contributed by atoms with van der Waals surface area (Å²) in [5, 5.41) is 6.55. The number of nitrogens with zero attached hydrogens (tertiary/aromatic N) is 1. The quantitative estimate of drug-likeness (QED) is 0.381. The summed E-state index contributed by atoms with van der Waals surface area (Å²) in [5.74, 6) is 1.96. The summed E-state index contributed by atoms with van der Waals surface area (Å²) < 4.78 is 12.3. The first-order chi connectivity index (χ1) is 13.1. The van der Waals surface area contributed by atoms with Gasteiger partial charge in [0.1, 0.15) is 0 Å². The van der Waals surface area contributed by atoms with Gasteiger partial charge >= 0.3 is 0 Å². The van der Waals surface area contributed by atoms with Crippen LogP contribution < -0.4 is 10.6 Å². The van der Waals surface area contributed by atoms with Gasteiger partial charge in [-0.05, 0) is 42.9 Å². The van der Waals surface area contributed by atoms with Crippen LogP contribution in [-0.4, -0.2) is 35.3 Å². The summed E-state index contributed by atoms with van der Waals surface area (Å²) in [5.41, 5.74) is 3.59. The Bertz CT molecular complexity index is 763. The zero-order chi connectivity index (χ0) is 19.5. The van der Waals surface area contributed by atoms with Crippen molar-refractivity contribution in [1.82, 2.24) is 10.6 Å². The third-order valence-electron chi connectivity index (χ3n) is 3.99. The van der Waals surface area contributed by atoms with E-state index in [0.29, 0.717) is 24.6 Å². The molecular formula is C21H29N3OS2. The number of nitrogens with one attached hydrogen (secondary N) is 2. The molecule has 0 aliphatic carbocycles. The minimum absolute atomic E-state index is 0.594. The number of hydrogen-bond acceptors (Lipinski definition) is 3. The SMILES string of the molecule is CCNC(=NCc1ccc(C)cc1SC)NCCS(=O)Cc1ccccc1. The first kappa shape index (κ1) is 21.5. The Balaban J connectivity index is 1.87. The van der Waals surface area contributed by atoms with Crippen molar-refractivity contribution in [1.29, 1.82) is 0 Å². The van der Waals surface area contributed by atoms with Crippen LogP contribution in [0.3, 0.4) is 0 Å². The summed E-state index contributed by atoms with van der Waals surface area (Å²) in [7, 11) is -0.888. The molecule has 0 spiro atoms. The molecule has 0 saturated heterocycles. The monoisotopic (exact) mass is 403 g/mol. The minimum Gasteiger partial charge on any atom is -0.357 e. The standard InChI is InChI=1S/C21H29N3OS2/c1-4-22-21(24-15-19-11-10-17(2)14-20(19)26-3)23-12-13-27(25)16-18-8-6-5-7-9-18/h5-11,14H,4,12-13,15-16H2,1-3H3,(H2,22,23,24). The number of benzene rings is 2. The maximum absolute atomic E-state index is 12.3. The van der Waals surface area contributed by atoms with E-state index in [2.05, 4.69) is 47.0 Å². The number of thioether (sulfide) groups is 1. The first-order valence-electron chi connectivity index (χ1n) is 9.17. The van der Waals surface area contributed by atoms with Gasteiger partial charge in [0.05, 0.1) is 6.54 Å². The molecule has 27 heavy (non-hydrogen) atoms. The van der Waals surface area contributed by atoms with Crippen molar-refractivity contribution in [2.75, 3.05) is 25.1 Å². The van der Waals surface area contributed by atoms with Crippen molar-refractivity contribution in [2.45, 2.75) is 31.0 Å². The van der Waals surface area contributed by atoms with E-state index >= 15 is 0 Å². The molecule has 0 aliphatic heterocycles. The van der Waals surface area contributed by atoms with Gasteiger partial charge in [-0.3, -0.25) is 4.21 Å². The zero-order valence-corrected chi connectivity index (χ0v) is 18.0. The lowest BCUT2D eigenvalue weighted by Gasteiger charge is -2.12. The average Bonchev–Trinajstić information content (AvgIpc) is 2.67. The van der Waals surface area contributed by atoms with Crippen molar-refractivity contribution in [2.24, 2.45) is 4.99 Å². The minimum atomic E-state index is -0.888. The van der Waals surface area contributed by atoms with Gasteiger partial charge in [0.15, 0.2) is 5.96 Å². The Morgan fingerprint density at radius 1 is 1.15 bits per heavy atom. The van der Waals surface area contributed by atoms with Crippen molar-refractivity contribution < 1.29 is 4.21 Å². The molecule has 0 heterocycles. The molecule has 0 aromatic heterocycles. The molecule has 2 rings (SSSR count). The van der Waals surface area contributed by atoms with Crippen molar-refractivity contribution in [3.05, 3.63) is 65.2 Å². The average molecular weight is 404 g/mol. The summed E-state index contributed by atoms with van der Waals surface area (Å²) in [6.45, 7) is 6.20. The van der Waals surface area contributed by atoms with Gasteiger partial charge in [-0.2, -0.15) is 0 Å². The molecule has 6 heteroatoms. The summed E-state index contributed by atoms with van der Waals surface area (Å²) in [4.78, 5) is 5.95. The molecule has 0 aliphatic rings. The highest BCUT2D eigenvalue weighted by molar-refractivity contribution is 7.98. The van der Waals surface area contributed by atoms with E-state index in [-0.39, 0.29) is 0 Å². The second kappa shape index (κ2) is 11.8. The molecule has 2 aromatic carbocycles. The summed E-state index contributed by atoms with van der Waals surface area (Å²) in [6, 6.07) is 16.4. The maximum Gasteiger partial charge on any atom is 0.191 e. The van der Waals surface area contributed by atoms with Crippen molar-refractivity contribution >= 4 is 28.5 Å². The maximum atomic E-state index is 12.3. The fraction of sp³-hybridized carbons (Fsp3) is 0.381. The summed E-state index contributed by atoms with van der Waals surface area (Å²) in [6.07, 6.45) is 2.09. The predicted molar refractivity (Wildman–Crippen MR) is 119 cm³/mol. The van der Waals surface area contributed by atoms with E-state index in [0.717, 1.165) is 18.1 Å². The van der Waals surface area contributed by atoms with Gasteiger partial charge in [-0.15, -0.1) is 11.8 Å². The molecule has 0 bridgehead atoms. The van der Waals surface area contributed by atoms with E-state index in [1.807, 2.05) is 37.3 Å². The van der Waals surface area contributed by atoms with Crippen LogP contribution in [0.15, 0.2) is 58.4 Å². The molecule has 0 fully saturated rings. The lowest BCUT2D eigenvalue weighted by molar-refractivity contribution is 0.680. The van der Waals surface area contributed by atoms with Crippen LogP contribution in [0.1, 0.15) is 23.6 Å². The molecule has 1 atom stereocenters. The van der Waals surface area contributed by atoms with Crippen LogP contribution in [-0.2, 0) is 23.1 Å². The Hall–Kier alpha value is -1.79. The molecule has 1 unspecified atom stereocenters. The fourth-order valence-corrected chi connectivity index (χ4v) is 4.34. The topological polar surface area (TPSA) is 53.5 Å². The van der Waals surface area contributed by atoms with Gasteiger partial charge in [0.2, 0.25) is 0 Å². The normalized spacial score (nSPS) is 12.6. The third kappa shape index (κ3) is 7.77. The fourth-order valence-electron chi connectivity index (χ4n) is 2.60. The van der Waals surface area contributed by atoms with Crippen LogP contribution in [0.4, 0.5) is 0 Å². The second-order valence-corrected chi connectivity index (χ2v) is 8.64. The van der Waals surface area contributed by atoms with E-state index in [4.69, 9.17) is 0 Å². The van der Waals surface area contributed by atoms with E-state index in [1.165, 1.54) is 16.0 Å². The Kier molecular flexibility index (Phi) is 9.42. The summed E-state index contributed by atoms with van der Waals surface area (Å²) >= 11 is 1.75. The lowest BCUT2D eigenvalue weighted by atomic mass is 10.1. The Morgan fingerprint density at radius 2 is 1.93 bits per heavy atom. The predicted octanol–water partition coefficient (Wildman–Crippen LogP) is 3.72. The highest BCUT2D eigenvalue weighted by atomic mass is 32.2. The number of rotatable bonds is 9. The first-order valence-corrected chi connectivity index (χ1v) is 11.9. The molecule has 0 amide bonds. The van der Waals surface area contributed by atoms with Crippen LogP contribution >= 0.6 is 11.8 Å². The molecule has 0 saturated carbocycles. The highest BCUT2D eigenvalue weighted by Gasteiger charge is 2.05. The van der Waals surface area contributed by atoms with Crippen molar-refractivity contribution in [3.63, 3.8) is 0 Å². The smallest absolute Gasteiger partial charge is 0.191 e. The van der Waals surface area contributed by atoms with E-state index in [1.54, 1.807) is 11.8 Å². The molecule has 0 radical (unpaired) electrons. The van der Waals surface area contributed by atoms with Crippen LogP contribution in [0.5, 0.6) is 0 Å². The Morgan fingerprint density at radius 3 is 2.63 bits per heavy atom. The molecular weight excluding hydrogens is 374 g/mol. The van der Waals surface area contributed by atoms with Crippen molar-refractivity contribution in [3.8, 4) is 0 Å². The van der Waals surface area contributed by atoms with Gasteiger partial charge in [0, 0.05) is 40.3 Å². The lowest BCUT2D eigenvalue weighted by Crippen LogP contribution is -2.39. The van der Waals surface area contributed by atoms with Gasteiger partial charge in [-0.1, -0.05) is 42.5 Å². The third-order valence-corrected chi connectivity index (χ3v) is 6.12. The molecule has 146 valence electrons. The Labute approximate surface area is 169 Å². The molecule has 4 nitrogen and oxygen atoms in total. The number of guanidine groups is 1. The number of aryl methyl sites for hydroxylation is 1. The molecule has 2 N–H and O–H groups in total. The van der Waals surface area contributed by atoms with Gasteiger partial charge in [-0.25, -0.2) is 4.99 Å². The van der Waals surface area contributed by atoms with Crippen LogP contribution in [0.25, 0.3) is 0 Å². The number of aliphatic imine (C=N–C) groups is 1. The highest BCUT2D eigenvalue weighted by Crippen LogP contribution is 2.22. The van der Waals surface area contributed by atoms with Gasteiger partial charge in [0.25, 0.3) is 0 Å². The second-order valence-electron chi connectivity index (χ2n) is 6.21. The number of hydrogen-bond donors (Lipinski definition) is 2. The largest absolute Gasteiger partial charge is 0.357 e. The van der Waals surface area contributed by atoms with Gasteiger partial charge < -0.3 is 10.6 Å². The zero-order valence-electron chi connectivity index (χ0n) is 16.3. The van der Waals surface area contributed by atoms with Crippen LogP contribution in [0, 0.1) is 6.92 Å². The van der Waals surface area contributed by atoms with Crippen LogP contribution in [0.2, 0.25) is 0 Å².